The van der Waals surface area contributed by atoms with Crippen LogP contribution in [0.3, 0.4) is 0 Å². The van der Waals surface area contributed by atoms with Gasteiger partial charge in [0.2, 0.25) is 0 Å². The first kappa shape index (κ1) is 22.8. The number of nitrogens with two attached hydrogens (primary N) is 1. The standard InChI is InChI=1S/C26H33FN4O3/c1-14-23(26(32)31-17-7-5-16(28)6-8-17)25-18(9-10-29-25)24(30-14)19-11-22(33-2)20(27)12-21(19)34-13-15-3-4-15/h9-12,15-17,24,29-30H,3-8,13,28H2,1-2H3,(H,31,32). The first-order valence-electron chi connectivity index (χ1n) is 12.2. The summed E-state index contributed by atoms with van der Waals surface area (Å²) in [5, 5.41) is 6.68. The lowest BCUT2D eigenvalue weighted by atomic mass is 9.89. The fraction of sp³-hybridized carbons (Fsp3) is 0.500. The van der Waals surface area contributed by atoms with E-state index in [0.29, 0.717) is 23.8 Å². The van der Waals surface area contributed by atoms with Crippen molar-refractivity contribution in [3.63, 3.8) is 0 Å². The molecule has 2 aliphatic carbocycles. The molecule has 0 spiro atoms. The SMILES string of the molecule is COc1cc(C2NC(C)=C(C(=O)NC3CCC(N)CC3)c3[nH]ccc32)c(OCC2CC2)cc1F. The van der Waals surface area contributed by atoms with Crippen LogP contribution in [0, 0.1) is 11.7 Å². The van der Waals surface area contributed by atoms with Gasteiger partial charge in [-0.3, -0.25) is 4.79 Å². The van der Waals surface area contributed by atoms with Crippen LogP contribution >= 0.6 is 0 Å². The Morgan fingerprint density at radius 1 is 1.15 bits per heavy atom. The first-order valence-corrected chi connectivity index (χ1v) is 12.2. The summed E-state index contributed by atoms with van der Waals surface area (Å²) in [5.41, 5.74) is 9.82. The summed E-state index contributed by atoms with van der Waals surface area (Å²) < 4.78 is 25.9. The first-order chi connectivity index (χ1) is 16.4. The van der Waals surface area contributed by atoms with Gasteiger partial charge in [-0.15, -0.1) is 0 Å². The number of fused-ring (bicyclic) bond motifs is 1. The molecule has 1 atom stereocenters. The highest BCUT2D eigenvalue weighted by Gasteiger charge is 2.34. The van der Waals surface area contributed by atoms with E-state index in [1.165, 1.54) is 13.2 Å². The van der Waals surface area contributed by atoms with E-state index in [2.05, 4.69) is 15.6 Å². The number of amides is 1. The van der Waals surface area contributed by atoms with Crippen molar-refractivity contribution in [1.29, 1.82) is 0 Å². The molecule has 5 N–H and O–H groups in total. The maximum absolute atomic E-state index is 14.6. The van der Waals surface area contributed by atoms with Gasteiger partial charge in [-0.25, -0.2) is 4.39 Å². The number of carbonyl (C=O) groups excluding carboxylic acids is 1. The van der Waals surface area contributed by atoms with Crippen LogP contribution in [0.4, 0.5) is 4.39 Å². The van der Waals surface area contributed by atoms with E-state index in [1.807, 2.05) is 19.2 Å². The Bertz CT molecular complexity index is 1100. The third-order valence-corrected chi connectivity index (χ3v) is 7.18. The highest BCUT2D eigenvalue weighted by Crippen LogP contribution is 2.41. The number of aromatic amines is 1. The van der Waals surface area contributed by atoms with Gasteiger partial charge in [0, 0.05) is 41.2 Å². The number of carbonyl (C=O) groups is 1. The highest BCUT2D eigenvalue weighted by atomic mass is 19.1. The van der Waals surface area contributed by atoms with Crippen molar-refractivity contribution in [3.8, 4) is 11.5 Å². The Labute approximate surface area is 199 Å². The third-order valence-electron chi connectivity index (χ3n) is 7.18. The predicted molar refractivity (Wildman–Crippen MR) is 128 cm³/mol. The average Bonchev–Trinajstić information content (AvgIpc) is 3.53. The lowest BCUT2D eigenvalue weighted by molar-refractivity contribution is -0.116. The molecule has 0 saturated heterocycles. The van der Waals surface area contributed by atoms with Crippen molar-refractivity contribution >= 4 is 11.5 Å². The van der Waals surface area contributed by atoms with E-state index in [-0.39, 0.29) is 29.8 Å². The maximum Gasteiger partial charge on any atom is 0.255 e. The minimum Gasteiger partial charge on any atom is -0.494 e. The topological polar surface area (TPSA) is 101 Å². The largest absolute Gasteiger partial charge is 0.494 e. The number of hydrogen-bond acceptors (Lipinski definition) is 5. The third kappa shape index (κ3) is 4.51. The zero-order valence-corrected chi connectivity index (χ0v) is 19.7. The molecule has 0 radical (unpaired) electrons. The molecule has 7 nitrogen and oxygen atoms in total. The van der Waals surface area contributed by atoms with Gasteiger partial charge in [-0.2, -0.15) is 0 Å². The van der Waals surface area contributed by atoms with Crippen molar-refractivity contribution < 1.29 is 18.7 Å². The van der Waals surface area contributed by atoms with Crippen LogP contribution in [0.15, 0.2) is 30.1 Å². The van der Waals surface area contributed by atoms with E-state index >= 15 is 0 Å². The lowest BCUT2D eigenvalue weighted by Gasteiger charge is -2.31. The number of aromatic nitrogens is 1. The molecule has 2 saturated carbocycles. The van der Waals surface area contributed by atoms with E-state index in [9.17, 15) is 9.18 Å². The zero-order valence-electron chi connectivity index (χ0n) is 19.7. The van der Waals surface area contributed by atoms with Gasteiger partial charge in [0.15, 0.2) is 11.6 Å². The van der Waals surface area contributed by atoms with Gasteiger partial charge >= 0.3 is 0 Å². The summed E-state index contributed by atoms with van der Waals surface area (Å²) in [5.74, 6) is 0.630. The fourth-order valence-corrected chi connectivity index (χ4v) is 4.99. The number of hydrogen-bond donors (Lipinski definition) is 4. The van der Waals surface area contributed by atoms with E-state index in [1.54, 1.807) is 6.07 Å². The van der Waals surface area contributed by atoms with Gasteiger partial charge in [-0.05, 0) is 63.5 Å². The second-order valence-corrected chi connectivity index (χ2v) is 9.75. The van der Waals surface area contributed by atoms with Gasteiger partial charge in [0.25, 0.3) is 5.91 Å². The number of methoxy groups -OCH3 is 1. The molecule has 2 fully saturated rings. The molecule has 0 bridgehead atoms. The number of halogens is 1. The predicted octanol–water partition coefficient (Wildman–Crippen LogP) is 3.76. The summed E-state index contributed by atoms with van der Waals surface area (Å²) in [4.78, 5) is 16.6. The summed E-state index contributed by atoms with van der Waals surface area (Å²) >= 11 is 0. The van der Waals surface area contributed by atoms with Crippen molar-refractivity contribution in [3.05, 3.63) is 52.7 Å². The molecule has 2 aromatic rings. The van der Waals surface area contributed by atoms with Crippen LogP contribution in [-0.2, 0) is 4.79 Å². The van der Waals surface area contributed by atoms with Crippen LogP contribution in [0.25, 0.3) is 5.57 Å². The summed E-state index contributed by atoms with van der Waals surface area (Å²) in [7, 11) is 1.45. The molecular formula is C26H33FN4O3. The molecule has 2 heterocycles. The molecular weight excluding hydrogens is 435 g/mol. The monoisotopic (exact) mass is 468 g/mol. The van der Waals surface area contributed by atoms with E-state index in [0.717, 1.165) is 61.0 Å². The Hall–Kier alpha value is -3.00. The van der Waals surface area contributed by atoms with E-state index < -0.39 is 5.82 Å². The van der Waals surface area contributed by atoms with Crippen LogP contribution in [-0.4, -0.2) is 36.7 Å². The summed E-state index contributed by atoms with van der Waals surface area (Å²) in [6.45, 7) is 2.47. The van der Waals surface area contributed by atoms with Gasteiger partial charge < -0.3 is 30.8 Å². The molecule has 182 valence electrons. The van der Waals surface area contributed by atoms with Crippen LogP contribution < -0.4 is 25.8 Å². The number of ether oxygens (including phenoxy) is 2. The smallest absolute Gasteiger partial charge is 0.255 e. The lowest BCUT2D eigenvalue weighted by Crippen LogP contribution is -2.42. The molecule has 5 rings (SSSR count). The van der Waals surface area contributed by atoms with Crippen molar-refractivity contribution in [1.82, 2.24) is 15.6 Å². The number of H-pyrrole nitrogens is 1. The fourth-order valence-electron chi connectivity index (χ4n) is 4.99. The summed E-state index contributed by atoms with van der Waals surface area (Å²) in [6.07, 6.45) is 7.75. The van der Waals surface area contributed by atoms with Crippen LogP contribution in [0.2, 0.25) is 0 Å². The normalized spacial score (nSPS) is 24.3. The molecule has 1 aliphatic heterocycles. The molecule has 1 aromatic heterocycles. The Kier molecular flexibility index (Phi) is 6.25. The molecule has 8 heteroatoms. The van der Waals surface area contributed by atoms with Crippen molar-refractivity contribution in [2.45, 2.75) is 63.6 Å². The number of allylic oxidation sites excluding steroid dienone is 1. The molecule has 34 heavy (non-hydrogen) atoms. The molecule has 1 amide bonds. The van der Waals surface area contributed by atoms with Crippen LogP contribution in [0.5, 0.6) is 11.5 Å². The summed E-state index contributed by atoms with van der Waals surface area (Å²) in [6, 6.07) is 5.09. The van der Waals surface area contributed by atoms with Gasteiger partial charge in [0.05, 0.1) is 31.0 Å². The van der Waals surface area contributed by atoms with E-state index in [4.69, 9.17) is 15.2 Å². The maximum atomic E-state index is 14.6. The van der Waals surface area contributed by atoms with Crippen LogP contribution in [0.1, 0.15) is 68.3 Å². The quantitative estimate of drug-likeness (QED) is 0.496. The second kappa shape index (κ2) is 9.33. The minimum atomic E-state index is -0.457. The number of benzene rings is 1. The van der Waals surface area contributed by atoms with Crippen molar-refractivity contribution in [2.75, 3.05) is 13.7 Å². The molecule has 1 aromatic carbocycles. The number of nitrogens with one attached hydrogen (secondary N) is 3. The average molecular weight is 469 g/mol. The minimum absolute atomic E-state index is 0.102. The highest BCUT2D eigenvalue weighted by molar-refractivity contribution is 6.20. The Morgan fingerprint density at radius 3 is 2.62 bits per heavy atom. The number of rotatable bonds is 7. The zero-order chi connectivity index (χ0) is 23.8. The van der Waals surface area contributed by atoms with Gasteiger partial charge in [0.1, 0.15) is 5.75 Å². The second-order valence-electron chi connectivity index (χ2n) is 9.75. The Balaban J connectivity index is 1.44. The Morgan fingerprint density at radius 2 is 1.91 bits per heavy atom. The van der Waals surface area contributed by atoms with Crippen molar-refractivity contribution in [2.24, 2.45) is 11.7 Å². The van der Waals surface area contributed by atoms with Gasteiger partial charge in [-0.1, -0.05) is 0 Å². The molecule has 1 unspecified atom stereocenters. The molecule has 3 aliphatic rings.